The lowest BCUT2D eigenvalue weighted by Gasteiger charge is -2.35. The summed E-state index contributed by atoms with van der Waals surface area (Å²) in [5, 5.41) is 43.8. The van der Waals surface area contributed by atoms with Gasteiger partial charge in [-0.1, -0.05) is 12.1 Å². The van der Waals surface area contributed by atoms with Crippen LogP contribution in [0.2, 0.25) is 0 Å². The zero-order valence-corrected chi connectivity index (χ0v) is 33.5. The van der Waals surface area contributed by atoms with E-state index in [2.05, 4.69) is 9.89 Å². The summed E-state index contributed by atoms with van der Waals surface area (Å²) >= 11 is 0. The number of amides is 1. The molecule has 0 saturated heterocycles. The molecular weight excluding hydrogens is 783 g/mol. The monoisotopic (exact) mass is 822 g/mol. The molecule has 8 rings (SSSR count). The fraction of sp³-hybridized carbons (Fsp3) is 0.191. The van der Waals surface area contributed by atoms with Gasteiger partial charge in [-0.05, 0) is 89.4 Å². The molecule has 1 saturated carbocycles. The molecule has 4 aliphatic rings. The molecule has 61 heavy (non-hydrogen) atoms. The molecule has 5 N–H and O–H groups in total. The fourth-order valence-corrected chi connectivity index (χ4v) is 8.28. The highest BCUT2D eigenvalue weighted by Gasteiger charge is 2.37. The predicted molar refractivity (Wildman–Crippen MR) is 227 cm³/mol. The second-order valence-electron chi connectivity index (χ2n) is 15.4. The largest absolute Gasteiger partial charge is 0.508 e. The van der Waals surface area contributed by atoms with Gasteiger partial charge in [0.15, 0.2) is 11.1 Å². The van der Waals surface area contributed by atoms with E-state index >= 15 is 0 Å². The van der Waals surface area contributed by atoms with Crippen LogP contribution in [0.1, 0.15) is 77.4 Å². The number of carboxylic acids is 3. The Kier molecular flexibility index (Phi) is 10.1. The lowest BCUT2D eigenvalue weighted by molar-refractivity contribution is -0.467. The van der Waals surface area contributed by atoms with Gasteiger partial charge in [0.25, 0.3) is 5.91 Å². The predicted octanol–water partition coefficient (Wildman–Crippen LogP) is 6.82. The number of aromatic carboxylic acids is 3. The van der Waals surface area contributed by atoms with Gasteiger partial charge in [0.2, 0.25) is 0 Å². The quantitative estimate of drug-likeness (QED) is 0.0752. The first-order valence-electron chi connectivity index (χ1n) is 19.3. The number of fused-ring (bicyclic) bond motifs is 4. The molecule has 308 valence electrons. The van der Waals surface area contributed by atoms with E-state index in [0.717, 1.165) is 34.9 Å². The Balaban J connectivity index is 1.18. The molecule has 2 aliphatic carbocycles. The average Bonchev–Trinajstić information content (AvgIpc) is 3.23. The number of nitrogens with zero attached hydrogens (tertiary/aromatic N) is 2. The van der Waals surface area contributed by atoms with E-state index in [0.29, 0.717) is 35.1 Å². The van der Waals surface area contributed by atoms with E-state index in [1.54, 1.807) is 6.07 Å². The number of phenols is 1. The normalized spacial score (nSPS) is 14.6. The molecule has 4 aromatic rings. The van der Waals surface area contributed by atoms with Crippen LogP contribution in [-0.4, -0.2) is 88.8 Å². The van der Waals surface area contributed by atoms with Crippen LogP contribution in [0.15, 0.2) is 99.7 Å². The SMILES string of the molecule is CN(C)c1ccc2c(c1)OC1CC(=[N+](C)C)CCC1=C2c1ccc(C(=O)NCc2c3oc4cc(O)ccc4c(-c4ccc(C(=O)O)cc4C(=O)O)c-3ccc2=O)cc1C(=O)O. The van der Waals surface area contributed by atoms with Crippen LogP contribution in [-0.2, 0) is 6.54 Å². The van der Waals surface area contributed by atoms with E-state index < -0.39 is 29.2 Å². The fourth-order valence-electron chi connectivity index (χ4n) is 8.28. The summed E-state index contributed by atoms with van der Waals surface area (Å²) < 4.78 is 14.9. The van der Waals surface area contributed by atoms with Crippen LogP contribution in [0.4, 0.5) is 5.69 Å². The molecule has 1 amide bonds. The Bertz CT molecular complexity index is 2970. The molecular formula is C47H40N3O11+. The molecule has 0 spiro atoms. The molecule has 2 heterocycles. The molecule has 1 unspecified atom stereocenters. The van der Waals surface area contributed by atoms with Gasteiger partial charge in [0.05, 0.1) is 35.2 Å². The molecule has 1 atom stereocenters. The van der Waals surface area contributed by atoms with Gasteiger partial charge in [-0.3, -0.25) is 9.59 Å². The van der Waals surface area contributed by atoms with Gasteiger partial charge in [0, 0.05) is 66.0 Å². The number of aromatic hydroxyl groups is 1. The van der Waals surface area contributed by atoms with E-state index in [1.807, 2.05) is 51.3 Å². The van der Waals surface area contributed by atoms with E-state index in [1.165, 1.54) is 60.3 Å². The van der Waals surface area contributed by atoms with Crippen LogP contribution in [0.25, 0.3) is 39.0 Å². The Morgan fingerprint density at radius 2 is 1.44 bits per heavy atom. The standard InChI is InChI=1S/C47H39N3O11/c1-49(2)25-7-12-30-38(19-25)60-39-20-26(50(3)4)8-13-31(39)41(30)28-10-5-23(17-34(28)46(56)57)44(53)48-22-36-37(52)16-15-33-42(32-14-9-27(51)21-40(32)61-43(33)36)29-11-6-24(45(54)55)18-35(29)47(58)59/h5-7,9-12,14-19,21,39H,8,13,20,22H2,1-4H3,(H4-,48,51,52,53,54,55,56,57,58,59)/p+1. The number of anilines is 1. The molecule has 0 aromatic heterocycles. The highest BCUT2D eigenvalue weighted by atomic mass is 16.5. The van der Waals surface area contributed by atoms with Crippen molar-refractivity contribution in [1.82, 2.24) is 5.32 Å². The molecule has 0 bridgehead atoms. The summed E-state index contributed by atoms with van der Waals surface area (Å²) in [5.41, 5.74) is 4.67. The maximum atomic E-state index is 13.9. The van der Waals surface area contributed by atoms with Crippen molar-refractivity contribution in [1.29, 1.82) is 0 Å². The Morgan fingerprint density at radius 1 is 0.770 bits per heavy atom. The first kappa shape index (κ1) is 40.1. The van der Waals surface area contributed by atoms with Gasteiger partial charge < -0.3 is 39.8 Å². The van der Waals surface area contributed by atoms with Crippen LogP contribution < -0.4 is 20.4 Å². The van der Waals surface area contributed by atoms with Crippen LogP contribution in [0.3, 0.4) is 0 Å². The molecule has 1 fully saturated rings. The Morgan fingerprint density at radius 3 is 2.15 bits per heavy atom. The van der Waals surface area contributed by atoms with Gasteiger partial charge in [-0.15, -0.1) is 0 Å². The number of hydrogen-bond donors (Lipinski definition) is 5. The number of carbonyl (C=O) groups excluding carboxylic acids is 1. The van der Waals surface area contributed by atoms with Crippen molar-refractivity contribution in [2.75, 3.05) is 33.1 Å². The molecule has 14 nitrogen and oxygen atoms in total. The van der Waals surface area contributed by atoms with Crippen molar-refractivity contribution in [3.05, 3.63) is 140 Å². The minimum absolute atomic E-state index is 0.00782. The summed E-state index contributed by atoms with van der Waals surface area (Å²) in [4.78, 5) is 66.6. The van der Waals surface area contributed by atoms with Crippen molar-refractivity contribution in [3.63, 3.8) is 0 Å². The summed E-state index contributed by atoms with van der Waals surface area (Å²) in [7, 11) is 7.85. The van der Waals surface area contributed by atoms with Crippen molar-refractivity contribution in [2.45, 2.75) is 31.9 Å². The zero-order valence-electron chi connectivity index (χ0n) is 33.5. The Hall–Kier alpha value is -7.74. The summed E-state index contributed by atoms with van der Waals surface area (Å²) in [6, 6.07) is 20.8. The molecule has 4 aromatic carbocycles. The van der Waals surface area contributed by atoms with Crippen molar-refractivity contribution >= 4 is 51.8 Å². The summed E-state index contributed by atoms with van der Waals surface area (Å²) in [5.74, 6) is -4.20. The third kappa shape index (κ3) is 7.22. The number of nitrogens with one attached hydrogen (secondary N) is 1. The lowest BCUT2D eigenvalue weighted by atomic mass is 9.79. The van der Waals surface area contributed by atoms with Crippen LogP contribution in [0.5, 0.6) is 11.5 Å². The van der Waals surface area contributed by atoms with Crippen molar-refractivity contribution in [3.8, 4) is 33.9 Å². The van der Waals surface area contributed by atoms with Crippen LogP contribution in [0, 0.1) is 0 Å². The maximum absolute atomic E-state index is 13.9. The van der Waals surface area contributed by atoms with Gasteiger partial charge in [-0.2, -0.15) is 0 Å². The lowest BCUT2D eigenvalue weighted by Crippen LogP contribution is -2.34. The second-order valence-corrected chi connectivity index (χ2v) is 15.4. The minimum Gasteiger partial charge on any atom is -0.508 e. The van der Waals surface area contributed by atoms with Gasteiger partial charge in [-0.25, -0.2) is 19.0 Å². The number of benzene rings is 5. The first-order chi connectivity index (χ1) is 29.1. The zero-order chi connectivity index (χ0) is 43.4. The number of carboxylic acid groups (broad SMARTS) is 3. The maximum Gasteiger partial charge on any atom is 0.336 e. The summed E-state index contributed by atoms with van der Waals surface area (Å²) in [6.07, 6.45) is 1.75. The van der Waals surface area contributed by atoms with Crippen molar-refractivity contribution < 1.29 is 53.3 Å². The highest BCUT2D eigenvalue weighted by molar-refractivity contribution is 6.09. The third-order valence-corrected chi connectivity index (χ3v) is 11.4. The summed E-state index contributed by atoms with van der Waals surface area (Å²) in [6.45, 7) is -0.378. The van der Waals surface area contributed by atoms with Gasteiger partial charge in [0.1, 0.15) is 43.0 Å². The van der Waals surface area contributed by atoms with Gasteiger partial charge >= 0.3 is 17.9 Å². The number of phenolic OH excluding ortho intramolecular Hbond substituents is 1. The smallest absolute Gasteiger partial charge is 0.336 e. The first-order valence-corrected chi connectivity index (χ1v) is 19.3. The highest BCUT2D eigenvalue weighted by Crippen LogP contribution is 2.47. The number of carbonyl (C=O) groups is 4. The minimum atomic E-state index is -1.40. The number of ether oxygens (including phenoxy) is 1. The van der Waals surface area contributed by atoms with Crippen molar-refractivity contribution in [2.24, 2.45) is 0 Å². The number of hydrogen-bond acceptors (Lipinski definition) is 9. The second kappa shape index (κ2) is 15.5. The van der Waals surface area contributed by atoms with Crippen LogP contribution >= 0.6 is 0 Å². The average molecular weight is 823 g/mol. The third-order valence-electron chi connectivity index (χ3n) is 11.4. The number of rotatable bonds is 9. The van der Waals surface area contributed by atoms with E-state index in [4.69, 9.17) is 9.15 Å². The van der Waals surface area contributed by atoms with E-state index in [-0.39, 0.29) is 68.7 Å². The molecule has 2 aliphatic heterocycles. The Labute approximate surface area is 348 Å². The topological polar surface area (TPSA) is 207 Å². The molecule has 14 heteroatoms. The molecule has 0 radical (unpaired) electrons. The van der Waals surface area contributed by atoms with E-state index in [9.17, 15) is 44.4 Å².